The maximum atomic E-state index is 11.9. The predicted octanol–water partition coefficient (Wildman–Crippen LogP) is 1.89. The van der Waals surface area contributed by atoms with Gasteiger partial charge in [-0.1, -0.05) is 19.8 Å². The van der Waals surface area contributed by atoms with Crippen molar-refractivity contribution in [2.45, 2.75) is 70.6 Å². The summed E-state index contributed by atoms with van der Waals surface area (Å²) in [5.41, 5.74) is -0.245. The number of carboxylic acid groups (broad SMARTS) is 1. The molecule has 0 bridgehead atoms. The van der Waals surface area contributed by atoms with Crippen LogP contribution in [0.4, 0.5) is 4.79 Å². The Morgan fingerprint density at radius 1 is 1.45 bits per heavy atom. The number of carboxylic acids is 1. The van der Waals surface area contributed by atoms with Crippen LogP contribution in [0.1, 0.15) is 52.9 Å². The summed E-state index contributed by atoms with van der Waals surface area (Å²) in [5.74, 6) is -0.985. The fraction of sp³-hybridized carbons (Fsp3) is 0.857. The van der Waals surface area contributed by atoms with E-state index in [1.54, 1.807) is 0 Å². The van der Waals surface area contributed by atoms with Crippen molar-refractivity contribution in [1.82, 2.24) is 10.6 Å². The molecule has 0 aliphatic carbocycles. The third kappa shape index (κ3) is 5.77. The Morgan fingerprint density at radius 2 is 2.15 bits per heavy atom. The molecule has 1 heterocycles. The largest absolute Gasteiger partial charge is 0.480 e. The molecular weight excluding hydrogens is 260 g/mol. The highest BCUT2D eigenvalue weighted by molar-refractivity contribution is 5.82. The van der Waals surface area contributed by atoms with Gasteiger partial charge in [-0.3, -0.25) is 0 Å². The number of carbonyl (C=O) groups is 2. The summed E-state index contributed by atoms with van der Waals surface area (Å²) in [4.78, 5) is 22.9. The SMILES string of the molecule is CCCCC(NC(=O)NC1CCOC(C)(C)C1)C(=O)O. The van der Waals surface area contributed by atoms with Crippen LogP contribution in [0.2, 0.25) is 0 Å². The van der Waals surface area contributed by atoms with Gasteiger partial charge in [0.1, 0.15) is 6.04 Å². The lowest BCUT2D eigenvalue weighted by Crippen LogP contribution is -2.52. The first kappa shape index (κ1) is 16.8. The zero-order chi connectivity index (χ0) is 15.2. The highest BCUT2D eigenvalue weighted by atomic mass is 16.5. The number of nitrogens with one attached hydrogen (secondary N) is 2. The Kier molecular flexibility index (Phi) is 6.26. The highest BCUT2D eigenvalue weighted by Crippen LogP contribution is 2.23. The van der Waals surface area contributed by atoms with E-state index in [0.717, 1.165) is 25.7 Å². The molecule has 1 rings (SSSR count). The first-order chi connectivity index (χ1) is 9.34. The summed E-state index contributed by atoms with van der Waals surface area (Å²) in [7, 11) is 0. The molecule has 6 heteroatoms. The van der Waals surface area contributed by atoms with Gasteiger partial charge in [0, 0.05) is 12.6 Å². The van der Waals surface area contributed by atoms with Crippen LogP contribution in [0.5, 0.6) is 0 Å². The monoisotopic (exact) mass is 286 g/mol. The number of hydrogen-bond donors (Lipinski definition) is 3. The number of carbonyl (C=O) groups excluding carboxylic acids is 1. The van der Waals surface area contributed by atoms with Crippen LogP contribution in [-0.2, 0) is 9.53 Å². The zero-order valence-electron chi connectivity index (χ0n) is 12.6. The van der Waals surface area contributed by atoms with Gasteiger partial charge in [-0.25, -0.2) is 9.59 Å². The van der Waals surface area contributed by atoms with E-state index in [2.05, 4.69) is 10.6 Å². The van der Waals surface area contributed by atoms with Crippen molar-refractivity contribution in [3.05, 3.63) is 0 Å². The van der Waals surface area contributed by atoms with Crippen molar-refractivity contribution in [3.8, 4) is 0 Å². The van der Waals surface area contributed by atoms with Gasteiger partial charge < -0.3 is 20.5 Å². The number of urea groups is 1. The molecule has 1 saturated heterocycles. The van der Waals surface area contributed by atoms with Crippen molar-refractivity contribution in [1.29, 1.82) is 0 Å². The second kappa shape index (κ2) is 7.47. The molecule has 0 spiro atoms. The quantitative estimate of drug-likeness (QED) is 0.695. The molecule has 0 radical (unpaired) electrons. The Bertz CT molecular complexity index is 344. The molecule has 0 aromatic carbocycles. The van der Waals surface area contributed by atoms with Crippen LogP contribution in [0.25, 0.3) is 0 Å². The van der Waals surface area contributed by atoms with Gasteiger partial charge >= 0.3 is 12.0 Å². The van der Waals surface area contributed by atoms with Gasteiger partial charge in [0.2, 0.25) is 0 Å². The van der Waals surface area contributed by atoms with Crippen LogP contribution in [0, 0.1) is 0 Å². The van der Waals surface area contributed by atoms with E-state index >= 15 is 0 Å². The van der Waals surface area contributed by atoms with Crippen molar-refractivity contribution < 1.29 is 19.4 Å². The third-order valence-corrected chi connectivity index (χ3v) is 3.48. The van der Waals surface area contributed by atoms with Crippen molar-refractivity contribution in [3.63, 3.8) is 0 Å². The van der Waals surface area contributed by atoms with Gasteiger partial charge in [0.15, 0.2) is 0 Å². The first-order valence-corrected chi connectivity index (χ1v) is 7.28. The molecule has 2 atom stereocenters. The molecule has 1 aliphatic heterocycles. The standard InChI is InChI=1S/C14H26N2O4/c1-4-5-6-11(12(17)18)16-13(19)15-10-7-8-20-14(2,3)9-10/h10-11H,4-9H2,1-3H3,(H,17,18)(H2,15,16,19). The van der Waals surface area contributed by atoms with Crippen LogP contribution in [-0.4, -0.2) is 41.4 Å². The molecule has 0 aromatic rings. The molecule has 116 valence electrons. The van der Waals surface area contributed by atoms with E-state index in [9.17, 15) is 9.59 Å². The predicted molar refractivity (Wildman–Crippen MR) is 75.7 cm³/mol. The highest BCUT2D eigenvalue weighted by Gasteiger charge is 2.30. The normalized spacial score (nSPS) is 22.9. The molecule has 2 unspecified atom stereocenters. The topological polar surface area (TPSA) is 87.7 Å². The molecule has 3 N–H and O–H groups in total. The van der Waals surface area contributed by atoms with E-state index in [0.29, 0.717) is 13.0 Å². The Hall–Kier alpha value is -1.30. The summed E-state index contributed by atoms with van der Waals surface area (Å²) in [6.07, 6.45) is 3.62. The molecule has 0 aromatic heterocycles. The molecule has 1 aliphatic rings. The lowest BCUT2D eigenvalue weighted by Gasteiger charge is -2.35. The van der Waals surface area contributed by atoms with Crippen molar-refractivity contribution in [2.24, 2.45) is 0 Å². The fourth-order valence-corrected chi connectivity index (χ4v) is 2.41. The Labute approximate surface area is 120 Å². The number of aliphatic carboxylic acids is 1. The number of amides is 2. The van der Waals surface area contributed by atoms with E-state index in [1.165, 1.54) is 0 Å². The molecule has 2 amide bonds. The van der Waals surface area contributed by atoms with Crippen molar-refractivity contribution >= 4 is 12.0 Å². The molecule has 20 heavy (non-hydrogen) atoms. The second-order valence-electron chi connectivity index (χ2n) is 5.95. The van der Waals surface area contributed by atoms with Crippen LogP contribution >= 0.6 is 0 Å². The maximum absolute atomic E-state index is 11.9. The van der Waals surface area contributed by atoms with E-state index in [-0.39, 0.29) is 11.6 Å². The molecule has 1 fully saturated rings. The lowest BCUT2D eigenvalue weighted by atomic mass is 9.94. The van der Waals surface area contributed by atoms with Gasteiger partial charge in [0.05, 0.1) is 5.60 Å². The summed E-state index contributed by atoms with van der Waals surface area (Å²) in [6.45, 7) is 6.57. The van der Waals surface area contributed by atoms with E-state index < -0.39 is 18.0 Å². The average Bonchev–Trinajstić information content (AvgIpc) is 2.32. The number of ether oxygens (including phenoxy) is 1. The minimum absolute atomic E-state index is 0.0272. The van der Waals surface area contributed by atoms with Gasteiger partial charge in [-0.2, -0.15) is 0 Å². The number of hydrogen-bond acceptors (Lipinski definition) is 3. The zero-order valence-corrected chi connectivity index (χ0v) is 12.6. The van der Waals surface area contributed by atoms with E-state index in [1.807, 2.05) is 20.8 Å². The molecular formula is C14H26N2O4. The van der Waals surface area contributed by atoms with Crippen LogP contribution in [0.3, 0.4) is 0 Å². The lowest BCUT2D eigenvalue weighted by molar-refractivity contribution is -0.139. The molecule has 6 nitrogen and oxygen atoms in total. The minimum atomic E-state index is -0.985. The van der Waals surface area contributed by atoms with E-state index in [4.69, 9.17) is 9.84 Å². The molecule has 0 saturated carbocycles. The average molecular weight is 286 g/mol. The number of unbranched alkanes of at least 4 members (excludes halogenated alkanes) is 1. The second-order valence-corrected chi connectivity index (χ2v) is 5.95. The summed E-state index contributed by atoms with van der Waals surface area (Å²) in [6, 6.07) is -1.20. The summed E-state index contributed by atoms with van der Waals surface area (Å²) < 4.78 is 5.58. The summed E-state index contributed by atoms with van der Waals surface area (Å²) in [5, 5.41) is 14.5. The minimum Gasteiger partial charge on any atom is -0.480 e. The van der Waals surface area contributed by atoms with Gasteiger partial charge in [-0.05, 0) is 33.1 Å². The number of rotatable bonds is 6. The van der Waals surface area contributed by atoms with Crippen molar-refractivity contribution in [2.75, 3.05) is 6.61 Å². The van der Waals surface area contributed by atoms with Crippen LogP contribution in [0.15, 0.2) is 0 Å². The van der Waals surface area contributed by atoms with Gasteiger partial charge in [0.25, 0.3) is 0 Å². The Balaban J connectivity index is 2.43. The maximum Gasteiger partial charge on any atom is 0.326 e. The van der Waals surface area contributed by atoms with Crippen LogP contribution < -0.4 is 10.6 Å². The fourth-order valence-electron chi connectivity index (χ4n) is 2.41. The smallest absolute Gasteiger partial charge is 0.326 e. The first-order valence-electron chi connectivity index (χ1n) is 7.28. The Morgan fingerprint density at radius 3 is 2.70 bits per heavy atom. The van der Waals surface area contributed by atoms with Gasteiger partial charge in [-0.15, -0.1) is 0 Å². The third-order valence-electron chi connectivity index (χ3n) is 3.48. The summed E-state index contributed by atoms with van der Waals surface area (Å²) >= 11 is 0.